The lowest BCUT2D eigenvalue weighted by molar-refractivity contribution is 0.172. The van der Waals surface area contributed by atoms with Gasteiger partial charge in [0.25, 0.3) is 0 Å². The number of hydrogen-bond donors (Lipinski definition) is 3. The van der Waals surface area contributed by atoms with Crippen molar-refractivity contribution in [1.29, 1.82) is 0 Å². The van der Waals surface area contributed by atoms with Crippen molar-refractivity contribution >= 4 is 34.8 Å². The van der Waals surface area contributed by atoms with E-state index in [-0.39, 0.29) is 0 Å². The van der Waals surface area contributed by atoms with Crippen LogP contribution in [0.3, 0.4) is 0 Å². The monoisotopic (exact) mass is 525 g/mol. The molecule has 0 unspecified atom stereocenters. The number of fused-ring (bicyclic) bond motifs is 3. The summed E-state index contributed by atoms with van der Waals surface area (Å²) in [4.78, 5) is 12.4. The maximum absolute atomic E-state index is 11.4. The van der Waals surface area contributed by atoms with E-state index in [1.807, 2.05) is 23.3 Å². The Balaban J connectivity index is 1.38. The van der Waals surface area contributed by atoms with Crippen LogP contribution in [0.25, 0.3) is 11.0 Å². The summed E-state index contributed by atoms with van der Waals surface area (Å²) in [6.07, 6.45) is 4.38. The highest BCUT2D eigenvalue weighted by molar-refractivity contribution is 8.00. The van der Waals surface area contributed by atoms with Gasteiger partial charge in [-0.3, -0.25) is 0 Å². The van der Waals surface area contributed by atoms with Gasteiger partial charge in [0.2, 0.25) is 0 Å². The predicted molar refractivity (Wildman–Crippen MR) is 142 cm³/mol. The van der Waals surface area contributed by atoms with Gasteiger partial charge in [-0.2, -0.15) is 0 Å². The van der Waals surface area contributed by atoms with Crippen LogP contribution >= 0.6 is 11.9 Å². The van der Waals surface area contributed by atoms with Crippen LogP contribution in [0.2, 0.25) is 0 Å². The van der Waals surface area contributed by atoms with Crippen molar-refractivity contribution < 1.29 is 23.5 Å². The first kappa shape index (κ1) is 25.1. The van der Waals surface area contributed by atoms with Gasteiger partial charge >= 0.3 is 6.09 Å². The van der Waals surface area contributed by atoms with Crippen LogP contribution in [0.15, 0.2) is 45.5 Å². The number of nitrogens with zero attached hydrogens (tertiary/aromatic N) is 2. The fourth-order valence-corrected chi connectivity index (χ4v) is 5.33. The Bertz CT molecular complexity index is 1320. The second-order valence-electron chi connectivity index (χ2n) is 8.84. The summed E-state index contributed by atoms with van der Waals surface area (Å²) < 4.78 is 25.5. The number of aromatic nitrogens is 1. The van der Waals surface area contributed by atoms with Crippen LogP contribution in [0.4, 0.5) is 10.6 Å². The minimum Gasteiger partial charge on any atom is -0.496 e. The Hall–Kier alpha value is -3.57. The van der Waals surface area contributed by atoms with Crippen LogP contribution in [0.5, 0.6) is 11.5 Å². The number of carbonyl (C=O) groups is 1. The number of alkyl carbamates (subject to hydrolysis) is 1. The number of hydrogen-bond acceptors (Lipinski definition) is 10. The van der Waals surface area contributed by atoms with Crippen molar-refractivity contribution in [1.82, 2.24) is 20.9 Å². The van der Waals surface area contributed by atoms with Crippen LogP contribution in [0, 0.1) is 0 Å². The van der Waals surface area contributed by atoms with Gasteiger partial charge in [0, 0.05) is 24.9 Å². The summed E-state index contributed by atoms with van der Waals surface area (Å²) in [7, 11) is 3.03. The molecule has 0 saturated heterocycles. The molecular weight excluding hydrogens is 494 g/mol. The molecule has 0 saturated carbocycles. The molecule has 1 amide bonds. The number of aryl methyl sites for hydroxylation is 1. The lowest BCUT2D eigenvalue weighted by Gasteiger charge is -2.24. The number of ether oxygens (including phenoxy) is 3. The van der Waals surface area contributed by atoms with E-state index in [2.05, 4.69) is 44.4 Å². The molecule has 2 aliphatic heterocycles. The number of nitrogens with one attached hydrogen (secondary N) is 3. The molecule has 0 fully saturated rings. The highest BCUT2D eigenvalue weighted by Gasteiger charge is 2.25. The molecule has 5 rings (SSSR count). The van der Waals surface area contributed by atoms with Gasteiger partial charge in [-0.05, 0) is 66.1 Å². The van der Waals surface area contributed by atoms with E-state index in [9.17, 15) is 4.79 Å². The largest absolute Gasteiger partial charge is 0.496 e. The third-order valence-electron chi connectivity index (χ3n) is 6.46. The molecule has 0 atom stereocenters. The van der Waals surface area contributed by atoms with E-state index in [1.165, 1.54) is 24.6 Å². The minimum absolute atomic E-state index is 0.428. The van der Waals surface area contributed by atoms with E-state index in [1.54, 1.807) is 7.11 Å². The molecule has 0 radical (unpaired) electrons. The van der Waals surface area contributed by atoms with Crippen LogP contribution < -0.4 is 24.9 Å². The van der Waals surface area contributed by atoms with Gasteiger partial charge in [0.15, 0.2) is 11.4 Å². The maximum Gasteiger partial charge on any atom is 0.407 e. The smallest absolute Gasteiger partial charge is 0.407 e. The van der Waals surface area contributed by atoms with Crippen LogP contribution in [-0.4, -0.2) is 50.2 Å². The zero-order valence-corrected chi connectivity index (χ0v) is 22.0. The molecule has 0 spiro atoms. The zero-order chi connectivity index (χ0) is 25.8. The Kier molecular flexibility index (Phi) is 7.61. The van der Waals surface area contributed by atoms with Gasteiger partial charge in [-0.1, -0.05) is 18.1 Å². The van der Waals surface area contributed by atoms with Gasteiger partial charge < -0.3 is 33.8 Å². The second kappa shape index (κ2) is 11.2. The Morgan fingerprint density at radius 1 is 1.30 bits per heavy atom. The van der Waals surface area contributed by atoms with E-state index >= 15 is 0 Å². The third kappa shape index (κ3) is 5.42. The molecule has 3 N–H and O–H groups in total. The SMILES string of the molecule is CCc1ccc(OC)c(SNc2noc3cc(CN4C=C(CNC(=O)OC)CN4)c4c(c23)OCCC4)c1. The standard InChI is InChI=1S/C26H31N5O5S/c1-4-16-7-8-20(33-2)22(10-16)37-30-25-23-21(36-29-25)11-18(19-6-5-9-35-24(19)23)15-31-14-17(13-28-31)12-27-26(32)34-3/h7-8,10-11,14,28H,4-6,9,12-13,15H2,1-3H3,(H,27,32)(H,29,30). The topological polar surface area (TPSA) is 110 Å². The average Bonchev–Trinajstić information content (AvgIpc) is 3.57. The molecule has 10 nitrogen and oxygen atoms in total. The number of rotatable bonds is 9. The van der Waals surface area contributed by atoms with Crippen LogP contribution in [0.1, 0.15) is 30.0 Å². The number of methoxy groups -OCH3 is 2. The average molecular weight is 526 g/mol. The number of anilines is 1. The number of hydrazine groups is 1. The van der Waals surface area contributed by atoms with Crippen molar-refractivity contribution in [2.75, 3.05) is 38.6 Å². The Morgan fingerprint density at radius 3 is 3.00 bits per heavy atom. The quantitative estimate of drug-likeness (QED) is 0.348. The van der Waals surface area contributed by atoms with E-state index < -0.39 is 6.09 Å². The zero-order valence-electron chi connectivity index (χ0n) is 21.2. The molecule has 2 aromatic carbocycles. The highest BCUT2D eigenvalue weighted by atomic mass is 32.2. The van der Waals surface area contributed by atoms with Gasteiger partial charge in [0.1, 0.15) is 16.9 Å². The summed E-state index contributed by atoms with van der Waals surface area (Å²) in [5, 5.41) is 9.91. The molecule has 11 heteroatoms. The summed E-state index contributed by atoms with van der Waals surface area (Å²) >= 11 is 1.45. The van der Waals surface area contributed by atoms with E-state index in [0.717, 1.165) is 57.7 Å². The first-order valence-corrected chi connectivity index (χ1v) is 13.1. The Morgan fingerprint density at radius 2 is 2.19 bits per heavy atom. The van der Waals surface area contributed by atoms with Gasteiger partial charge in [-0.15, -0.1) is 0 Å². The van der Waals surface area contributed by atoms with Gasteiger partial charge in [-0.25, -0.2) is 10.2 Å². The van der Waals surface area contributed by atoms with E-state index in [4.69, 9.17) is 14.0 Å². The molecule has 196 valence electrons. The molecule has 0 aliphatic carbocycles. The minimum atomic E-state index is -0.444. The molecule has 2 aliphatic rings. The molecule has 37 heavy (non-hydrogen) atoms. The Labute approximate surface area is 219 Å². The molecule has 1 aromatic heterocycles. The van der Waals surface area contributed by atoms with E-state index in [0.29, 0.717) is 37.6 Å². The van der Waals surface area contributed by atoms with Crippen molar-refractivity contribution in [3.8, 4) is 11.5 Å². The molecular formula is C26H31N5O5S. The van der Waals surface area contributed by atoms with Crippen molar-refractivity contribution in [3.63, 3.8) is 0 Å². The number of benzene rings is 2. The summed E-state index contributed by atoms with van der Waals surface area (Å²) in [6.45, 7) is 4.49. The lowest BCUT2D eigenvalue weighted by atomic mass is 9.97. The summed E-state index contributed by atoms with van der Waals surface area (Å²) in [5.74, 6) is 2.26. The fraction of sp³-hybridized carbons (Fsp3) is 0.385. The molecule has 3 aromatic rings. The first-order chi connectivity index (χ1) is 18.1. The summed E-state index contributed by atoms with van der Waals surface area (Å²) in [6, 6.07) is 8.22. The third-order valence-corrected chi connectivity index (χ3v) is 7.29. The second-order valence-corrected chi connectivity index (χ2v) is 9.69. The highest BCUT2D eigenvalue weighted by Crippen LogP contribution is 2.42. The summed E-state index contributed by atoms with van der Waals surface area (Å²) in [5.41, 5.74) is 8.58. The van der Waals surface area contributed by atoms with Crippen molar-refractivity contribution in [2.45, 2.75) is 37.6 Å². The van der Waals surface area contributed by atoms with Crippen molar-refractivity contribution in [3.05, 3.63) is 52.7 Å². The number of carbonyl (C=O) groups excluding carboxylic acids is 1. The maximum atomic E-state index is 11.4. The first-order valence-electron chi connectivity index (χ1n) is 12.3. The van der Waals surface area contributed by atoms with Crippen LogP contribution in [-0.2, 0) is 24.1 Å². The van der Waals surface area contributed by atoms with Gasteiger partial charge in [0.05, 0.1) is 32.3 Å². The van der Waals surface area contributed by atoms with Crippen molar-refractivity contribution in [2.24, 2.45) is 0 Å². The number of amides is 1. The predicted octanol–water partition coefficient (Wildman–Crippen LogP) is 4.40. The molecule has 3 heterocycles. The normalized spacial score (nSPS) is 14.7. The molecule has 0 bridgehead atoms. The fourth-order valence-electron chi connectivity index (χ4n) is 4.52. The lowest BCUT2D eigenvalue weighted by Crippen LogP contribution is -2.30.